The Labute approximate surface area is 255 Å². The van der Waals surface area contributed by atoms with Crippen LogP contribution in [-0.2, 0) is 27.2 Å². The van der Waals surface area contributed by atoms with Crippen LogP contribution in [0.2, 0.25) is 0 Å². The second kappa shape index (κ2) is 14.5. The number of amides is 2. The number of carbonyl (C=O) groups is 3. The van der Waals surface area contributed by atoms with Gasteiger partial charge in [0, 0.05) is 36.2 Å². The Bertz CT molecular complexity index is 1390. The van der Waals surface area contributed by atoms with E-state index in [2.05, 4.69) is 35.6 Å². The molecule has 4 rings (SSSR count). The van der Waals surface area contributed by atoms with Gasteiger partial charge in [-0.3, -0.25) is 14.5 Å². The Hall–Kier alpha value is -3.97. The fourth-order valence-electron chi connectivity index (χ4n) is 5.58. The van der Waals surface area contributed by atoms with Gasteiger partial charge in [-0.2, -0.15) is 0 Å². The standard InChI is InChI=1S/C36H45N3O4/c1-25(40)23-27-13-18-30(19-14-27)38-34(41)12-8-9-26-15-22-32(28-10-6-5-7-11-28)33(24-26)39(35(42)43-36(2,3)4)31-20-16-29(37)17-21-31/h5-7,10-11,13-15,18-19,22,24,29,31H,8-9,12,16-17,20-21,23,37H2,1-4H3,(H,38,41). The predicted molar refractivity (Wildman–Crippen MR) is 173 cm³/mol. The highest BCUT2D eigenvalue weighted by Gasteiger charge is 2.33. The van der Waals surface area contributed by atoms with Crippen LogP contribution < -0.4 is 16.0 Å². The summed E-state index contributed by atoms with van der Waals surface area (Å²) in [5, 5.41) is 2.95. The average molecular weight is 584 g/mol. The maximum absolute atomic E-state index is 13.8. The molecule has 228 valence electrons. The van der Waals surface area contributed by atoms with Crippen LogP contribution in [0.15, 0.2) is 72.8 Å². The maximum Gasteiger partial charge on any atom is 0.415 e. The van der Waals surface area contributed by atoms with Crippen LogP contribution in [0.3, 0.4) is 0 Å². The molecule has 0 unspecified atom stereocenters. The van der Waals surface area contributed by atoms with Crippen LogP contribution in [0.25, 0.3) is 11.1 Å². The topological polar surface area (TPSA) is 102 Å². The minimum atomic E-state index is -0.633. The molecule has 0 bridgehead atoms. The van der Waals surface area contributed by atoms with Crippen molar-refractivity contribution in [3.05, 3.63) is 83.9 Å². The smallest absolute Gasteiger partial charge is 0.415 e. The third kappa shape index (κ3) is 9.52. The normalized spacial score (nSPS) is 16.8. The van der Waals surface area contributed by atoms with Crippen LogP contribution in [-0.4, -0.2) is 35.5 Å². The van der Waals surface area contributed by atoms with Gasteiger partial charge in [0.1, 0.15) is 11.4 Å². The molecule has 7 nitrogen and oxygen atoms in total. The molecule has 1 aliphatic carbocycles. The van der Waals surface area contributed by atoms with Crippen LogP contribution in [0.4, 0.5) is 16.2 Å². The molecule has 3 aromatic carbocycles. The molecule has 0 spiro atoms. The summed E-state index contributed by atoms with van der Waals surface area (Å²) >= 11 is 0. The van der Waals surface area contributed by atoms with E-state index in [-0.39, 0.29) is 29.9 Å². The summed E-state index contributed by atoms with van der Waals surface area (Å²) < 4.78 is 5.95. The lowest BCUT2D eigenvalue weighted by molar-refractivity contribution is -0.117. The molecule has 0 atom stereocenters. The van der Waals surface area contributed by atoms with Gasteiger partial charge in [-0.15, -0.1) is 0 Å². The van der Waals surface area contributed by atoms with Crippen molar-refractivity contribution in [2.75, 3.05) is 10.2 Å². The number of carbonyl (C=O) groups excluding carboxylic acids is 3. The van der Waals surface area contributed by atoms with Crippen LogP contribution in [0.1, 0.15) is 77.3 Å². The molecule has 0 saturated heterocycles. The monoisotopic (exact) mass is 583 g/mol. The van der Waals surface area contributed by atoms with E-state index in [1.165, 1.54) is 0 Å². The highest BCUT2D eigenvalue weighted by Crippen LogP contribution is 2.37. The van der Waals surface area contributed by atoms with Crippen molar-refractivity contribution in [2.24, 2.45) is 5.73 Å². The van der Waals surface area contributed by atoms with E-state index in [1.54, 1.807) is 6.92 Å². The maximum atomic E-state index is 13.8. The first-order valence-electron chi connectivity index (χ1n) is 15.3. The van der Waals surface area contributed by atoms with Gasteiger partial charge in [-0.05, 0) is 101 Å². The first-order chi connectivity index (χ1) is 20.5. The van der Waals surface area contributed by atoms with E-state index in [1.807, 2.05) is 68.1 Å². The third-order valence-corrected chi connectivity index (χ3v) is 7.66. The number of benzene rings is 3. The van der Waals surface area contributed by atoms with Crippen molar-refractivity contribution in [1.82, 2.24) is 0 Å². The Balaban J connectivity index is 1.53. The number of hydrogen-bond donors (Lipinski definition) is 2. The lowest BCUT2D eigenvalue weighted by Gasteiger charge is -2.38. The first-order valence-corrected chi connectivity index (χ1v) is 15.3. The number of hydrogen-bond acceptors (Lipinski definition) is 5. The summed E-state index contributed by atoms with van der Waals surface area (Å²) in [7, 11) is 0. The summed E-state index contributed by atoms with van der Waals surface area (Å²) in [6.45, 7) is 7.23. The quantitative estimate of drug-likeness (QED) is 0.258. The summed E-state index contributed by atoms with van der Waals surface area (Å²) in [5.74, 6) is 0.0447. The Morgan fingerprint density at radius 3 is 2.19 bits per heavy atom. The average Bonchev–Trinajstić information content (AvgIpc) is 2.95. The summed E-state index contributed by atoms with van der Waals surface area (Å²) in [6.07, 6.45) is 5.09. The highest BCUT2D eigenvalue weighted by molar-refractivity contribution is 5.95. The summed E-state index contributed by atoms with van der Waals surface area (Å²) in [5.41, 5.74) is 11.1. The molecule has 1 aliphatic rings. The van der Waals surface area contributed by atoms with Crippen molar-refractivity contribution >= 4 is 29.2 Å². The van der Waals surface area contributed by atoms with Gasteiger partial charge >= 0.3 is 6.09 Å². The number of Topliss-reactive ketones (excluding diaryl/α,β-unsaturated/α-hetero) is 1. The fraction of sp³-hybridized carbons (Fsp3) is 0.417. The first kappa shape index (κ1) is 32.0. The van der Waals surface area contributed by atoms with Crippen LogP contribution in [0.5, 0.6) is 0 Å². The number of nitrogens with two attached hydrogens (primary N) is 1. The van der Waals surface area contributed by atoms with E-state index in [4.69, 9.17) is 10.5 Å². The van der Waals surface area contributed by atoms with E-state index >= 15 is 0 Å². The molecule has 0 radical (unpaired) electrons. The Morgan fingerprint density at radius 1 is 0.907 bits per heavy atom. The minimum absolute atomic E-state index is 0.0139. The molecule has 1 saturated carbocycles. The minimum Gasteiger partial charge on any atom is -0.443 e. The molecular formula is C36H45N3O4. The van der Waals surface area contributed by atoms with Gasteiger partial charge in [0.15, 0.2) is 0 Å². The second-order valence-electron chi connectivity index (χ2n) is 12.6. The van der Waals surface area contributed by atoms with E-state index in [9.17, 15) is 14.4 Å². The SMILES string of the molecule is CC(=O)Cc1ccc(NC(=O)CCCc2ccc(-c3ccccc3)c(N(C(=O)OC(C)(C)C)C3CCC(N)CC3)c2)cc1. The van der Waals surface area contributed by atoms with Crippen molar-refractivity contribution in [1.29, 1.82) is 0 Å². The zero-order valence-electron chi connectivity index (χ0n) is 25.9. The van der Waals surface area contributed by atoms with Gasteiger partial charge in [0.25, 0.3) is 0 Å². The summed E-state index contributed by atoms with van der Waals surface area (Å²) in [6, 6.07) is 23.9. The van der Waals surface area contributed by atoms with Gasteiger partial charge in [0.2, 0.25) is 5.91 Å². The van der Waals surface area contributed by atoms with Crippen molar-refractivity contribution in [2.45, 2.75) is 96.7 Å². The van der Waals surface area contributed by atoms with Gasteiger partial charge in [-0.25, -0.2) is 4.79 Å². The zero-order valence-corrected chi connectivity index (χ0v) is 25.9. The molecule has 7 heteroatoms. The number of nitrogens with zero attached hydrogens (tertiary/aromatic N) is 1. The van der Waals surface area contributed by atoms with Crippen molar-refractivity contribution in [3.63, 3.8) is 0 Å². The number of rotatable bonds is 10. The lowest BCUT2D eigenvalue weighted by atomic mass is 9.89. The van der Waals surface area contributed by atoms with Crippen LogP contribution in [0, 0.1) is 0 Å². The van der Waals surface area contributed by atoms with Gasteiger partial charge < -0.3 is 15.8 Å². The lowest BCUT2D eigenvalue weighted by Crippen LogP contribution is -2.46. The second-order valence-corrected chi connectivity index (χ2v) is 12.6. The predicted octanol–water partition coefficient (Wildman–Crippen LogP) is 7.46. The zero-order chi connectivity index (χ0) is 31.0. The molecule has 0 aliphatic heterocycles. The number of ketones is 1. The van der Waals surface area contributed by atoms with Gasteiger partial charge in [0.05, 0.1) is 5.69 Å². The number of aryl methyl sites for hydroxylation is 1. The van der Waals surface area contributed by atoms with Gasteiger partial charge in [-0.1, -0.05) is 54.6 Å². The van der Waals surface area contributed by atoms with Crippen molar-refractivity contribution in [3.8, 4) is 11.1 Å². The largest absolute Gasteiger partial charge is 0.443 e. The highest BCUT2D eigenvalue weighted by atomic mass is 16.6. The molecule has 2 amide bonds. The molecule has 0 heterocycles. The van der Waals surface area contributed by atoms with E-state index < -0.39 is 5.60 Å². The number of nitrogens with one attached hydrogen (secondary N) is 1. The molecule has 0 aromatic heterocycles. The van der Waals surface area contributed by atoms with E-state index in [0.717, 1.165) is 53.6 Å². The molecule has 3 aromatic rings. The number of anilines is 2. The fourth-order valence-corrected chi connectivity index (χ4v) is 5.58. The summed E-state index contributed by atoms with van der Waals surface area (Å²) in [4.78, 5) is 39.7. The molecule has 1 fully saturated rings. The number of ether oxygens (including phenoxy) is 1. The van der Waals surface area contributed by atoms with Crippen molar-refractivity contribution < 1.29 is 19.1 Å². The molecular weight excluding hydrogens is 538 g/mol. The van der Waals surface area contributed by atoms with Crippen LogP contribution >= 0.6 is 0 Å². The molecule has 43 heavy (non-hydrogen) atoms. The Kier molecular flexibility index (Phi) is 10.8. The Morgan fingerprint density at radius 2 is 1.56 bits per heavy atom. The van der Waals surface area contributed by atoms with E-state index in [0.29, 0.717) is 31.4 Å². The third-order valence-electron chi connectivity index (χ3n) is 7.66. The molecule has 3 N–H and O–H groups in total.